The minimum absolute atomic E-state index is 0.0149. The zero-order chi connectivity index (χ0) is 13.5. The Morgan fingerprint density at radius 1 is 1.33 bits per heavy atom. The number of methoxy groups -OCH3 is 2. The van der Waals surface area contributed by atoms with Gasteiger partial charge in [-0.05, 0) is 25.5 Å². The molecule has 1 aromatic rings. The van der Waals surface area contributed by atoms with Crippen molar-refractivity contribution in [1.29, 1.82) is 0 Å². The van der Waals surface area contributed by atoms with Gasteiger partial charge < -0.3 is 14.4 Å². The Bertz CT molecular complexity index is 404. The Morgan fingerprint density at radius 3 is 2.61 bits per heavy atom. The fraction of sp³-hybridized carbons (Fsp3) is 0.500. The van der Waals surface area contributed by atoms with E-state index in [2.05, 4.69) is 4.90 Å². The Balaban J connectivity index is 2.96. The fourth-order valence-corrected chi connectivity index (χ4v) is 1.93. The molecule has 1 aromatic carbocycles. The lowest BCUT2D eigenvalue weighted by molar-refractivity contribution is 0.101. The van der Waals surface area contributed by atoms with E-state index in [-0.39, 0.29) is 5.78 Å². The standard InChI is InChI=1S/C14H21NO3/c1-11(16)14-12(7-5-8-13(14)18-4)15(2)9-6-10-17-3/h5,7-8H,6,9-10H2,1-4H3. The van der Waals surface area contributed by atoms with Crippen molar-refractivity contribution in [3.63, 3.8) is 0 Å². The highest BCUT2D eigenvalue weighted by Crippen LogP contribution is 2.29. The molecule has 0 unspecified atom stereocenters. The molecule has 0 aliphatic heterocycles. The molecule has 0 amide bonds. The fourth-order valence-electron chi connectivity index (χ4n) is 1.93. The molecule has 1 rings (SSSR count). The minimum atomic E-state index is 0.0149. The highest BCUT2D eigenvalue weighted by molar-refractivity contribution is 6.02. The maximum atomic E-state index is 11.7. The van der Waals surface area contributed by atoms with Gasteiger partial charge in [-0.1, -0.05) is 6.07 Å². The molecule has 0 aliphatic rings. The Hall–Kier alpha value is -1.55. The van der Waals surface area contributed by atoms with Crippen LogP contribution in [0.3, 0.4) is 0 Å². The average molecular weight is 251 g/mol. The molecule has 0 aromatic heterocycles. The molecule has 0 saturated carbocycles. The highest BCUT2D eigenvalue weighted by Gasteiger charge is 2.15. The van der Waals surface area contributed by atoms with Gasteiger partial charge >= 0.3 is 0 Å². The average Bonchev–Trinajstić information content (AvgIpc) is 2.37. The molecule has 0 heterocycles. The van der Waals surface area contributed by atoms with Gasteiger partial charge in [0.1, 0.15) is 5.75 Å². The van der Waals surface area contributed by atoms with E-state index < -0.39 is 0 Å². The molecule has 4 nitrogen and oxygen atoms in total. The normalized spacial score (nSPS) is 10.2. The second-order valence-electron chi connectivity index (χ2n) is 4.18. The third kappa shape index (κ3) is 3.47. The van der Waals surface area contributed by atoms with Crippen molar-refractivity contribution in [3.8, 4) is 5.75 Å². The van der Waals surface area contributed by atoms with Crippen LogP contribution in [-0.4, -0.2) is 40.2 Å². The summed E-state index contributed by atoms with van der Waals surface area (Å²) in [5.41, 5.74) is 1.54. The third-order valence-electron chi connectivity index (χ3n) is 2.83. The SMILES string of the molecule is COCCCN(C)c1cccc(OC)c1C(C)=O. The molecule has 0 atom stereocenters. The van der Waals surface area contributed by atoms with Crippen LogP contribution in [0.4, 0.5) is 5.69 Å². The Labute approximate surface area is 108 Å². The van der Waals surface area contributed by atoms with E-state index in [0.717, 1.165) is 18.7 Å². The Kier molecular flexibility index (Phi) is 5.65. The van der Waals surface area contributed by atoms with Crippen molar-refractivity contribution < 1.29 is 14.3 Å². The first-order chi connectivity index (χ1) is 8.61. The predicted octanol–water partition coefficient (Wildman–Crippen LogP) is 2.37. The number of ether oxygens (including phenoxy) is 2. The smallest absolute Gasteiger partial charge is 0.165 e. The molecule has 0 saturated heterocycles. The van der Waals surface area contributed by atoms with Crippen LogP contribution in [0.5, 0.6) is 5.75 Å². The van der Waals surface area contributed by atoms with Crippen LogP contribution in [0.1, 0.15) is 23.7 Å². The first-order valence-corrected chi connectivity index (χ1v) is 5.99. The van der Waals surface area contributed by atoms with Gasteiger partial charge in [0.05, 0.1) is 18.4 Å². The first kappa shape index (κ1) is 14.5. The molecule has 0 aliphatic carbocycles. The van der Waals surface area contributed by atoms with Gasteiger partial charge in [-0.2, -0.15) is 0 Å². The maximum Gasteiger partial charge on any atom is 0.165 e. The number of anilines is 1. The summed E-state index contributed by atoms with van der Waals surface area (Å²) in [7, 11) is 5.24. The number of hydrogen-bond donors (Lipinski definition) is 0. The van der Waals surface area contributed by atoms with Crippen LogP contribution in [0, 0.1) is 0 Å². The van der Waals surface area contributed by atoms with Crippen molar-refractivity contribution in [2.24, 2.45) is 0 Å². The predicted molar refractivity (Wildman–Crippen MR) is 72.8 cm³/mol. The molecule has 0 bridgehead atoms. The number of rotatable bonds is 7. The lowest BCUT2D eigenvalue weighted by Crippen LogP contribution is -2.22. The van der Waals surface area contributed by atoms with Crippen LogP contribution >= 0.6 is 0 Å². The van der Waals surface area contributed by atoms with Gasteiger partial charge in [-0.15, -0.1) is 0 Å². The van der Waals surface area contributed by atoms with E-state index in [1.54, 1.807) is 21.1 Å². The summed E-state index contributed by atoms with van der Waals surface area (Å²) in [6.45, 7) is 3.11. The number of nitrogens with zero attached hydrogens (tertiary/aromatic N) is 1. The first-order valence-electron chi connectivity index (χ1n) is 5.99. The topological polar surface area (TPSA) is 38.8 Å². The van der Waals surface area contributed by atoms with E-state index in [0.29, 0.717) is 17.9 Å². The summed E-state index contributed by atoms with van der Waals surface area (Å²) in [5.74, 6) is 0.639. The van der Waals surface area contributed by atoms with Crippen LogP contribution in [-0.2, 0) is 4.74 Å². The second-order valence-corrected chi connectivity index (χ2v) is 4.18. The molecule has 0 spiro atoms. The summed E-state index contributed by atoms with van der Waals surface area (Å²) in [4.78, 5) is 13.8. The second kappa shape index (κ2) is 7.01. The largest absolute Gasteiger partial charge is 0.496 e. The van der Waals surface area contributed by atoms with Crippen LogP contribution < -0.4 is 9.64 Å². The lowest BCUT2D eigenvalue weighted by atomic mass is 10.1. The monoisotopic (exact) mass is 251 g/mol. The molecular formula is C14H21NO3. The summed E-state index contributed by atoms with van der Waals surface area (Å²) in [6, 6.07) is 5.64. The molecular weight excluding hydrogens is 230 g/mol. The van der Waals surface area contributed by atoms with Crippen molar-refractivity contribution >= 4 is 11.5 Å². The van der Waals surface area contributed by atoms with Gasteiger partial charge in [0, 0.05) is 27.3 Å². The van der Waals surface area contributed by atoms with Gasteiger partial charge in [0.2, 0.25) is 0 Å². The molecule has 0 radical (unpaired) electrons. The number of carbonyl (C=O) groups is 1. The third-order valence-corrected chi connectivity index (χ3v) is 2.83. The van der Waals surface area contributed by atoms with Crippen LogP contribution in [0.2, 0.25) is 0 Å². The summed E-state index contributed by atoms with van der Waals surface area (Å²) in [5, 5.41) is 0. The van der Waals surface area contributed by atoms with Crippen molar-refractivity contribution in [2.75, 3.05) is 39.3 Å². The van der Waals surface area contributed by atoms with Crippen LogP contribution in [0.15, 0.2) is 18.2 Å². The van der Waals surface area contributed by atoms with Crippen molar-refractivity contribution in [3.05, 3.63) is 23.8 Å². The van der Waals surface area contributed by atoms with Crippen molar-refractivity contribution in [2.45, 2.75) is 13.3 Å². The number of Topliss-reactive ketones (excluding diaryl/α,β-unsaturated/α-hetero) is 1. The Morgan fingerprint density at radius 2 is 2.06 bits per heavy atom. The molecule has 18 heavy (non-hydrogen) atoms. The van der Waals surface area contributed by atoms with Gasteiger partial charge in [0.15, 0.2) is 5.78 Å². The van der Waals surface area contributed by atoms with Crippen molar-refractivity contribution in [1.82, 2.24) is 0 Å². The van der Waals surface area contributed by atoms with E-state index in [4.69, 9.17) is 9.47 Å². The van der Waals surface area contributed by atoms with E-state index in [1.807, 2.05) is 25.2 Å². The van der Waals surface area contributed by atoms with E-state index in [1.165, 1.54) is 0 Å². The summed E-state index contributed by atoms with van der Waals surface area (Å²) < 4.78 is 10.3. The molecule has 0 N–H and O–H groups in total. The number of hydrogen-bond acceptors (Lipinski definition) is 4. The highest BCUT2D eigenvalue weighted by atomic mass is 16.5. The van der Waals surface area contributed by atoms with Gasteiger partial charge in [-0.25, -0.2) is 0 Å². The minimum Gasteiger partial charge on any atom is -0.496 e. The van der Waals surface area contributed by atoms with E-state index in [9.17, 15) is 4.79 Å². The van der Waals surface area contributed by atoms with Gasteiger partial charge in [0.25, 0.3) is 0 Å². The number of benzene rings is 1. The zero-order valence-corrected chi connectivity index (χ0v) is 11.5. The molecule has 100 valence electrons. The molecule has 4 heteroatoms. The zero-order valence-electron chi connectivity index (χ0n) is 11.5. The van der Waals surface area contributed by atoms with E-state index >= 15 is 0 Å². The molecule has 0 fully saturated rings. The number of ketones is 1. The number of carbonyl (C=O) groups excluding carboxylic acids is 1. The summed E-state index contributed by atoms with van der Waals surface area (Å²) in [6.07, 6.45) is 0.918. The maximum absolute atomic E-state index is 11.7. The van der Waals surface area contributed by atoms with Gasteiger partial charge in [-0.3, -0.25) is 4.79 Å². The summed E-state index contributed by atoms with van der Waals surface area (Å²) >= 11 is 0. The van der Waals surface area contributed by atoms with Crippen LogP contribution in [0.25, 0.3) is 0 Å². The quantitative estimate of drug-likeness (QED) is 0.551. The lowest BCUT2D eigenvalue weighted by Gasteiger charge is -2.22.